The maximum Gasteiger partial charge on any atom is 0.371 e. The molecule has 0 unspecified atom stereocenters. The second-order valence-corrected chi connectivity index (χ2v) is 3.08. The topological polar surface area (TPSA) is 87.7 Å². The summed E-state index contributed by atoms with van der Waals surface area (Å²) in [4.78, 5) is 22.0. The number of halogens is 1. The van der Waals surface area contributed by atoms with Crippen molar-refractivity contribution in [3.8, 4) is 5.75 Å². The van der Waals surface area contributed by atoms with Crippen molar-refractivity contribution in [3.05, 3.63) is 40.0 Å². The molecule has 2 N–H and O–H groups in total. The van der Waals surface area contributed by atoms with E-state index in [0.717, 1.165) is 18.2 Å². The third kappa shape index (κ3) is 1.50. The van der Waals surface area contributed by atoms with Crippen molar-refractivity contribution < 1.29 is 23.8 Å². The Morgan fingerprint density at radius 1 is 1.31 bits per heavy atom. The van der Waals surface area contributed by atoms with Gasteiger partial charge in [0.15, 0.2) is 5.43 Å². The summed E-state index contributed by atoms with van der Waals surface area (Å²) in [7, 11) is 0. The van der Waals surface area contributed by atoms with Gasteiger partial charge in [-0.1, -0.05) is 0 Å². The molecule has 0 radical (unpaired) electrons. The minimum atomic E-state index is -1.44. The van der Waals surface area contributed by atoms with Crippen molar-refractivity contribution in [2.24, 2.45) is 0 Å². The number of carbonyl (C=O) groups is 1. The average Bonchev–Trinajstić information content (AvgIpc) is 2.15. The molecule has 0 aliphatic rings. The van der Waals surface area contributed by atoms with Crippen molar-refractivity contribution in [1.82, 2.24) is 0 Å². The molecule has 1 aromatic carbocycles. The predicted octanol–water partition coefficient (Wildman–Crippen LogP) is 1.34. The summed E-state index contributed by atoms with van der Waals surface area (Å²) in [5, 5.41) is 17.7. The van der Waals surface area contributed by atoms with Gasteiger partial charge in [-0.15, -0.1) is 0 Å². The zero-order chi connectivity index (χ0) is 11.9. The fraction of sp³-hybridized carbons (Fsp3) is 0. The Morgan fingerprint density at radius 3 is 2.62 bits per heavy atom. The molecule has 0 bridgehead atoms. The van der Waals surface area contributed by atoms with Gasteiger partial charge < -0.3 is 14.6 Å². The number of hydrogen-bond donors (Lipinski definition) is 2. The maximum absolute atomic E-state index is 12.9. The number of aromatic hydroxyl groups is 1. The van der Waals surface area contributed by atoms with Crippen LogP contribution in [0.5, 0.6) is 5.75 Å². The zero-order valence-corrected chi connectivity index (χ0v) is 7.73. The van der Waals surface area contributed by atoms with E-state index in [9.17, 15) is 19.1 Å². The first-order chi connectivity index (χ1) is 7.49. The minimum Gasteiger partial charge on any atom is -0.507 e. The van der Waals surface area contributed by atoms with E-state index in [-0.39, 0.29) is 11.0 Å². The highest BCUT2D eigenvalue weighted by Crippen LogP contribution is 2.23. The summed E-state index contributed by atoms with van der Waals surface area (Å²) in [6, 6.07) is 2.31. The molecule has 0 saturated carbocycles. The van der Waals surface area contributed by atoms with Crippen LogP contribution in [0.25, 0.3) is 11.0 Å². The molecule has 0 fully saturated rings. The molecule has 1 heterocycles. The van der Waals surface area contributed by atoms with Gasteiger partial charge in [0.05, 0.1) is 0 Å². The van der Waals surface area contributed by atoms with E-state index in [1.807, 2.05) is 0 Å². The van der Waals surface area contributed by atoms with Crippen molar-refractivity contribution in [1.29, 1.82) is 0 Å². The van der Waals surface area contributed by atoms with E-state index < -0.39 is 28.7 Å². The van der Waals surface area contributed by atoms with Crippen LogP contribution < -0.4 is 5.43 Å². The lowest BCUT2D eigenvalue weighted by atomic mass is 10.2. The number of aromatic carboxylic acids is 1. The van der Waals surface area contributed by atoms with Gasteiger partial charge >= 0.3 is 5.97 Å². The molecule has 5 nitrogen and oxygen atoms in total. The first-order valence-corrected chi connectivity index (χ1v) is 4.18. The molecule has 0 saturated heterocycles. The zero-order valence-electron chi connectivity index (χ0n) is 7.73. The number of carboxylic acids is 1. The van der Waals surface area contributed by atoms with Gasteiger partial charge in [0.25, 0.3) is 0 Å². The number of benzene rings is 1. The van der Waals surface area contributed by atoms with E-state index in [4.69, 9.17) is 9.52 Å². The van der Waals surface area contributed by atoms with E-state index in [1.54, 1.807) is 0 Å². The first-order valence-electron chi connectivity index (χ1n) is 4.18. The third-order valence-corrected chi connectivity index (χ3v) is 1.99. The van der Waals surface area contributed by atoms with Gasteiger partial charge in [-0.3, -0.25) is 4.79 Å². The van der Waals surface area contributed by atoms with Crippen LogP contribution in [0.1, 0.15) is 10.6 Å². The molecule has 2 aromatic rings. The van der Waals surface area contributed by atoms with Crippen LogP contribution in [-0.2, 0) is 0 Å². The Labute approximate surface area is 87.4 Å². The fourth-order valence-electron chi connectivity index (χ4n) is 1.34. The molecule has 0 spiro atoms. The maximum atomic E-state index is 12.9. The van der Waals surface area contributed by atoms with Crippen LogP contribution in [-0.4, -0.2) is 16.2 Å². The van der Waals surface area contributed by atoms with Crippen molar-refractivity contribution in [2.75, 3.05) is 0 Å². The molecule has 6 heteroatoms. The van der Waals surface area contributed by atoms with Crippen LogP contribution in [0.15, 0.2) is 27.4 Å². The molecule has 0 amide bonds. The number of phenolic OH excluding ortho intramolecular Hbond substituents is 1. The Bertz CT molecular complexity index is 643. The van der Waals surface area contributed by atoms with Crippen molar-refractivity contribution >= 4 is 16.9 Å². The highest BCUT2D eigenvalue weighted by atomic mass is 19.1. The lowest BCUT2D eigenvalue weighted by Gasteiger charge is -2.01. The second-order valence-electron chi connectivity index (χ2n) is 3.08. The summed E-state index contributed by atoms with van der Waals surface area (Å²) < 4.78 is 17.7. The smallest absolute Gasteiger partial charge is 0.371 e. The number of fused-ring (bicyclic) bond motifs is 1. The largest absolute Gasteiger partial charge is 0.507 e. The monoisotopic (exact) mass is 224 g/mol. The lowest BCUT2D eigenvalue weighted by Crippen LogP contribution is -2.06. The normalized spacial score (nSPS) is 10.6. The van der Waals surface area contributed by atoms with E-state index >= 15 is 0 Å². The molecule has 0 aliphatic heterocycles. The van der Waals surface area contributed by atoms with E-state index in [2.05, 4.69) is 0 Å². The molecule has 2 rings (SSSR count). The summed E-state index contributed by atoms with van der Waals surface area (Å²) in [6.45, 7) is 0. The minimum absolute atomic E-state index is 0.244. The standard InChI is InChI=1S/C10H5FO5/c11-4-1-5(12)9-6(13)3-8(10(14)15)16-7(9)2-4/h1-3,12H,(H,14,15). The van der Waals surface area contributed by atoms with Gasteiger partial charge in [-0.05, 0) is 0 Å². The molecule has 0 atom stereocenters. The number of hydrogen-bond acceptors (Lipinski definition) is 4. The van der Waals surface area contributed by atoms with Gasteiger partial charge in [-0.25, -0.2) is 9.18 Å². The van der Waals surface area contributed by atoms with Crippen LogP contribution in [0, 0.1) is 5.82 Å². The van der Waals surface area contributed by atoms with Crippen molar-refractivity contribution in [3.63, 3.8) is 0 Å². The Kier molecular flexibility index (Phi) is 2.12. The van der Waals surface area contributed by atoms with Crippen LogP contribution in [0.2, 0.25) is 0 Å². The summed E-state index contributed by atoms with van der Waals surface area (Å²) in [6.07, 6.45) is 0. The predicted molar refractivity (Wildman–Crippen MR) is 51.1 cm³/mol. The van der Waals surface area contributed by atoms with E-state index in [0.29, 0.717) is 0 Å². The molecule has 16 heavy (non-hydrogen) atoms. The average molecular weight is 224 g/mol. The Balaban J connectivity index is 2.93. The number of phenols is 1. The Morgan fingerprint density at radius 2 is 2.00 bits per heavy atom. The van der Waals surface area contributed by atoms with Crippen LogP contribution in [0.3, 0.4) is 0 Å². The number of rotatable bonds is 1. The highest BCUT2D eigenvalue weighted by molar-refractivity contribution is 5.89. The van der Waals surface area contributed by atoms with Gasteiger partial charge in [0.1, 0.15) is 22.5 Å². The SMILES string of the molecule is O=C(O)c1cc(=O)c2c(O)cc(F)cc2o1. The van der Waals surface area contributed by atoms with Crippen LogP contribution >= 0.6 is 0 Å². The van der Waals surface area contributed by atoms with Gasteiger partial charge in [-0.2, -0.15) is 0 Å². The fourth-order valence-corrected chi connectivity index (χ4v) is 1.34. The molecular weight excluding hydrogens is 219 g/mol. The molecular formula is C10H5FO5. The van der Waals surface area contributed by atoms with Gasteiger partial charge in [0.2, 0.25) is 5.76 Å². The second kappa shape index (κ2) is 3.34. The summed E-state index contributed by atoms with van der Waals surface area (Å²) >= 11 is 0. The highest BCUT2D eigenvalue weighted by Gasteiger charge is 2.14. The summed E-state index contributed by atoms with van der Waals surface area (Å²) in [5.74, 6) is -3.46. The van der Waals surface area contributed by atoms with Gasteiger partial charge in [0, 0.05) is 18.2 Å². The van der Waals surface area contributed by atoms with Crippen molar-refractivity contribution in [2.45, 2.75) is 0 Å². The van der Waals surface area contributed by atoms with Crippen LogP contribution in [0.4, 0.5) is 4.39 Å². The molecule has 1 aromatic heterocycles. The quantitative estimate of drug-likeness (QED) is 0.762. The summed E-state index contributed by atoms with van der Waals surface area (Å²) in [5.41, 5.74) is -1.04. The lowest BCUT2D eigenvalue weighted by molar-refractivity contribution is 0.0663. The molecule has 0 aliphatic carbocycles. The first kappa shape index (κ1) is 10.2. The van der Waals surface area contributed by atoms with E-state index in [1.165, 1.54) is 0 Å². The Hall–Kier alpha value is -2.37. The number of carboxylic acid groups (broad SMARTS) is 1. The molecule has 82 valence electrons. The third-order valence-electron chi connectivity index (χ3n) is 1.99.